The molecule has 2 N–H and O–H groups in total. The van der Waals surface area contributed by atoms with E-state index in [1.165, 1.54) is 11.3 Å². The van der Waals surface area contributed by atoms with Gasteiger partial charge in [0.15, 0.2) is 11.6 Å². The number of nitriles is 1. The number of hydrogen-bond acceptors (Lipinski definition) is 6. The van der Waals surface area contributed by atoms with E-state index in [4.69, 9.17) is 4.74 Å². The average Bonchev–Trinajstić information content (AvgIpc) is 3.45. The summed E-state index contributed by atoms with van der Waals surface area (Å²) in [6.07, 6.45) is 3.65. The number of thiophene rings is 1. The van der Waals surface area contributed by atoms with Crippen LogP contribution in [0, 0.1) is 11.3 Å². The van der Waals surface area contributed by atoms with Crippen molar-refractivity contribution in [1.29, 1.82) is 5.26 Å². The third kappa shape index (κ3) is 3.26. The lowest BCUT2D eigenvalue weighted by atomic mass is 10.2. The maximum absolute atomic E-state index is 12.4. The second kappa shape index (κ2) is 7.42. The van der Waals surface area contributed by atoms with E-state index in [2.05, 4.69) is 9.97 Å². The van der Waals surface area contributed by atoms with Gasteiger partial charge in [-0.1, -0.05) is 12.1 Å². The topological polar surface area (TPSA) is 104 Å². The molecule has 7 nitrogen and oxygen atoms in total. The number of imidazole rings is 1. The van der Waals surface area contributed by atoms with E-state index < -0.39 is 12.6 Å². The van der Waals surface area contributed by atoms with Crippen molar-refractivity contribution in [3.8, 4) is 11.8 Å². The van der Waals surface area contributed by atoms with Crippen molar-refractivity contribution in [1.82, 2.24) is 14.5 Å². The number of aliphatic hydroxyl groups is 1. The maximum atomic E-state index is 12.4. The summed E-state index contributed by atoms with van der Waals surface area (Å²) in [5.74, 6) is -0.720. The molecule has 0 saturated carbocycles. The van der Waals surface area contributed by atoms with Crippen molar-refractivity contribution < 1.29 is 14.6 Å². The molecule has 0 radical (unpaired) electrons. The number of para-hydroxylation sites is 2. The number of nitrogens with one attached hydrogen (secondary N) is 1. The van der Waals surface area contributed by atoms with E-state index >= 15 is 0 Å². The Morgan fingerprint density at radius 3 is 2.79 bits per heavy atom. The van der Waals surface area contributed by atoms with E-state index in [9.17, 15) is 15.2 Å². The molecule has 0 spiro atoms. The van der Waals surface area contributed by atoms with Crippen molar-refractivity contribution >= 4 is 33.9 Å². The van der Waals surface area contributed by atoms with E-state index in [1.54, 1.807) is 16.0 Å². The molecule has 0 aliphatic heterocycles. The number of allylic oxidation sites excluding steroid dienone is 1. The highest BCUT2D eigenvalue weighted by Crippen LogP contribution is 2.23. The third-order valence-electron chi connectivity index (χ3n) is 4.08. The van der Waals surface area contributed by atoms with E-state index in [-0.39, 0.29) is 17.2 Å². The average molecular weight is 390 g/mol. The number of benzene rings is 1. The van der Waals surface area contributed by atoms with Gasteiger partial charge in [0, 0.05) is 12.4 Å². The van der Waals surface area contributed by atoms with Gasteiger partial charge in [-0.25, -0.2) is 9.78 Å². The fourth-order valence-corrected chi connectivity index (χ4v) is 3.53. The molecule has 0 amide bonds. The van der Waals surface area contributed by atoms with E-state index in [0.29, 0.717) is 16.1 Å². The number of rotatable bonds is 5. The summed E-state index contributed by atoms with van der Waals surface area (Å²) in [4.78, 5) is 20.1. The highest BCUT2D eigenvalue weighted by atomic mass is 32.1. The van der Waals surface area contributed by atoms with Crippen molar-refractivity contribution in [2.75, 3.05) is 6.61 Å². The number of H-pyrrole nitrogens is 1. The van der Waals surface area contributed by atoms with Crippen molar-refractivity contribution in [3.63, 3.8) is 0 Å². The van der Waals surface area contributed by atoms with Gasteiger partial charge in [0.25, 0.3) is 0 Å². The number of carbonyl (C=O) groups is 1. The number of nitrogens with zero attached hydrogens (tertiary/aromatic N) is 3. The highest BCUT2D eigenvalue weighted by Gasteiger charge is 2.19. The Kier molecular flexibility index (Phi) is 4.66. The number of esters is 1. The van der Waals surface area contributed by atoms with E-state index in [0.717, 1.165) is 5.52 Å². The summed E-state index contributed by atoms with van der Waals surface area (Å²) < 4.78 is 7.03. The van der Waals surface area contributed by atoms with Gasteiger partial charge >= 0.3 is 5.97 Å². The molecule has 0 saturated heterocycles. The Morgan fingerprint density at radius 2 is 2.04 bits per heavy atom. The van der Waals surface area contributed by atoms with Gasteiger partial charge in [-0.05, 0) is 35.7 Å². The fraction of sp³-hybridized carbons (Fsp3) is 0.0500. The Hall–Kier alpha value is -3.83. The molecule has 3 aromatic heterocycles. The van der Waals surface area contributed by atoms with Crippen molar-refractivity contribution in [3.05, 3.63) is 76.7 Å². The first-order chi connectivity index (χ1) is 13.7. The van der Waals surface area contributed by atoms with Crippen LogP contribution in [0.1, 0.15) is 15.5 Å². The first-order valence-corrected chi connectivity index (χ1v) is 9.20. The highest BCUT2D eigenvalue weighted by molar-refractivity contribution is 7.12. The van der Waals surface area contributed by atoms with Crippen LogP contribution in [0.25, 0.3) is 22.3 Å². The predicted molar refractivity (Wildman–Crippen MR) is 105 cm³/mol. The first-order valence-electron chi connectivity index (χ1n) is 8.32. The number of aromatic nitrogens is 3. The quantitative estimate of drug-likeness (QED) is 0.304. The monoisotopic (exact) mass is 390 g/mol. The molecule has 4 aromatic rings. The smallest absolute Gasteiger partial charge is 0.350 e. The molecule has 1 aromatic carbocycles. The molecule has 0 bridgehead atoms. The second-order valence-electron chi connectivity index (χ2n) is 5.84. The largest absolute Gasteiger partial charge is 0.507 e. The number of hydrogen-bond donors (Lipinski definition) is 2. The molecule has 0 fully saturated rings. The summed E-state index contributed by atoms with van der Waals surface area (Å²) in [6.45, 7) is -0.429. The van der Waals surface area contributed by atoms with Gasteiger partial charge in [0.1, 0.15) is 23.1 Å². The van der Waals surface area contributed by atoms with E-state index in [1.807, 2.05) is 54.9 Å². The number of aromatic amines is 1. The van der Waals surface area contributed by atoms with Crippen LogP contribution in [-0.4, -0.2) is 32.2 Å². The summed E-state index contributed by atoms with van der Waals surface area (Å²) in [6, 6.07) is 14.7. The van der Waals surface area contributed by atoms with Crippen LogP contribution >= 0.6 is 11.3 Å². The second-order valence-corrected chi connectivity index (χ2v) is 6.75. The zero-order valence-corrected chi connectivity index (χ0v) is 15.3. The molecule has 138 valence electrons. The van der Waals surface area contributed by atoms with Gasteiger partial charge in [-0.2, -0.15) is 5.26 Å². The minimum absolute atomic E-state index is 0.0687. The lowest BCUT2D eigenvalue weighted by molar-refractivity contribution is 0.0508. The van der Waals surface area contributed by atoms with Crippen molar-refractivity contribution in [2.24, 2.45) is 0 Å². The minimum atomic E-state index is -0.577. The normalized spacial score (nSPS) is 11.8. The number of aliphatic hydroxyl groups excluding tert-OH is 1. The molecule has 0 aliphatic carbocycles. The zero-order valence-electron chi connectivity index (χ0n) is 14.5. The van der Waals surface area contributed by atoms with Crippen LogP contribution < -0.4 is 0 Å². The van der Waals surface area contributed by atoms with Gasteiger partial charge in [-0.15, -0.1) is 11.3 Å². The lowest BCUT2D eigenvalue weighted by Crippen LogP contribution is -2.10. The van der Waals surface area contributed by atoms with Crippen LogP contribution in [0.5, 0.6) is 0 Å². The molecule has 0 aliphatic rings. The summed E-state index contributed by atoms with van der Waals surface area (Å²) >= 11 is 1.24. The van der Waals surface area contributed by atoms with Gasteiger partial charge < -0.3 is 19.4 Å². The van der Waals surface area contributed by atoms with Gasteiger partial charge in [0.2, 0.25) is 0 Å². The Balaban J connectivity index is 1.54. The third-order valence-corrected chi connectivity index (χ3v) is 4.96. The van der Waals surface area contributed by atoms with Crippen LogP contribution in [0.4, 0.5) is 0 Å². The number of carbonyl (C=O) groups excluding carboxylic acids is 1. The summed E-state index contributed by atoms with van der Waals surface area (Å²) in [5.41, 5.74) is 2.04. The standard InChI is InChI=1S/C20H14N4O3S/c21-11-13(19-22-14-5-1-2-6-15(14)23-19)17(25)12-27-20(26)18-16(7-10-28-18)24-8-3-4-9-24/h1-10,25H,12H2,(H,22,23)/b17-13-. The molecule has 4 rings (SSSR count). The number of fused-ring (bicyclic) bond motifs is 1. The Bertz CT molecular complexity index is 1180. The van der Waals surface area contributed by atoms with Crippen molar-refractivity contribution in [2.45, 2.75) is 0 Å². The zero-order chi connectivity index (χ0) is 19.5. The molecule has 0 unspecified atom stereocenters. The Morgan fingerprint density at radius 1 is 1.25 bits per heavy atom. The van der Waals surface area contributed by atoms with Crippen LogP contribution in [-0.2, 0) is 4.74 Å². The molecular weight excluding hydrogens is 376 g/mol. The molecule has 28 heavy (non-hydrogen) atoms. The first kappa shape index (κ1) is 17.6. The maximum Gasteiger partial charge on any atom is 0.350 e. The molecule has 3 heterocycles. The SMILES string of the molecule is N#C/C(=C(/O)COC(=O)c1sccc1-n1cccc1)c1nc2ccccc2[nH]1. The van der Waals surface area contributed by atoms with Crippen LogP contribution in [0.2, 0.25) is 0 Å². The summed E-state index contributed by atoms with van der Waals surface area (Å²) in [5, 5.41) is 21.5. The van der Waals surface area contributed by atoms with Gasteiger partial charge in [-0.3, -0.25) is 0 Å². The van der Waals surface area contributed by atoms with Crippen LogP contribution in [0.15, 0.2) is 66.0 Å². The number of ether oxygens (including phenoxy) is 1. The van der Waals surface area contributed by atoms with Gasteiger partial charge in [0.05, 0.1) is 16.7 Å². The predicted octanol–water partition coefficient (Wildman–Crippen LogP) is 4.06. The minimum Gasteiger partial charge on any atom is -0.507 e. The summed E-state index contributed by atoms with van der Waals surface area (Å²) in [7, 11) is 0. The lowest BCUT2D eigenvalue weighted by Gasteiger charge is -2.07. The molecular formula is C20H14N4O3S. The van der Waals surface area contributed by atoms with Crippen LogP contribution in [0.3, 0.4) is 0 Å². The molecule has 8 heteroatoms. The fourth-order valence-electron chi connectivity index (χ4n) is 2.75. The Labute approximate surface area is 163 Å². The molecule has 0 atom stereocenters.